The highest BCUT2D eigenvalue weighted by Gasteiger charge is 2.20. The van der Waals surface area contributed by atoms with Crippen LogP contribution in [0.3, 0.4) is 0 Å². The number of halogens is 1. The molecule has 1 aliphatic rings. The standard InChI is InChI=1S/C16H17ClN2O/c1-11-8-14(4-5-15(11)17)20-16-6-7-18-9-12(16)10-19-13-2-3-13/h4-9,13,19H,2-3,10H2,1H3. The number of benzene rings is 1. The van der Waals surface area contributed by atoms with E-state index in [-0.39, 0.29) is 0 Å². The van der Waals surface area contributed by atoms with Crippen LogP contribution in [-0.4, -0.2) is 11.0 Å². The Balaban J connectivity index is 1.76. The molecule has 104 valence electrons. The molecular weight excluding hydrogens is 272 g/mol. The van der Waals surface area contributed by atoms with Gasteiger partial charge in [-0.1, -0.05) is 11.6 Å². The summed E-state index contributed by atoms with van der Waals surface area (Å²) in [4.78, 5) is 4.18. The van der Waals surface area contributed by atoms with Gasteiger partial charge in [0, 0.05) is 35.6 Å². The average Bonchev–Trinajstić information content (AvgIpc) is 3.26. The minimum absolute atomic E-state index is 0.667. The second-order valence-corrected chi connectivity index (χ2v) is 5.56. The van der Waals surface area contributed by atoms with E-state index in [9.17, 15) is 0 Å². The van der Waals surface area contributed by atoms with Gasteiger partial charge in [-0.25, -0.2) is 0 Å². The van der Waals surface area contributed by atoms with Gasteiger partial charge in [0.25, 0.3) is 0 Å². The molecule has 3 nitrogen and oxygen atoms in total. The highest BCUT2D eigenvalue weighted by molar-refractivity contribution is 6.31. The molecule has 0 amide bonds. The zero-order valence-electron chi connectivity index (χ0n) is 11.4. The molecule has 3 rings (SSSR count). The van der Waals surface area contributed by atoms with Crippen molar-refractivity contribution in [2.75, 3.05) is 0 Å². The summed E-state index contributed by atoms with van der Waals surface area (Å²) in [6, 6.07) is 8.25. The van der Waals surface area contributed by atoms with E-state index in [2.05, 4.69) is 10.3 Å². The summed E-state index contributed by atoms with van der Waals surface area (Å²) in [5, 5.41) is 4.23. The summed E-state index contributed by atoms with van der Waals surface area (Å²) in [6.45, 7) is 2.76. The molecule has 1 aromatic heterocycles. The van der Waals surface area contributed by atoms with Crippen LogP contribution in [0.4, 0.5) is 0 Å². The first kappa shape index (κ1) is 13.4. The van der Waals surface area contributed by atoms with Crippen molar-refractivity contribution in [2.45, 2.75) is 32.4 Å². The first-order chi connectivity index (χ1) is 9.72. The number of rotatable bonds is 5. The average molecular weight is 289 g/mol. The third kappa shape index (κ3) is 3.30. The molecule has 1 fully saturated rings. The molecule has 2 aromatic rings. The van der Waals surface area contributed by atoms with E-state index >= 15 is 0 Å². The highest BCUT2D eigenvalue weighted by Crippen LogP contribution is 2.28. The van der Waals surface area contributed by atoms with Gasteiger partial charge in [-0.05, 0) is 49.6 Å². The SMILES string of the molecule is Cc1cc(Oc2ccncc2CNC2CC2)ccc1Cl. The molecule has 0 aliphatic heterocycles. The van der Waals surface area contributed by atoms with E-state index in [4.69, 9.17) is 16.3 Å². The van der Waals surface area contributed by atoms with Gasteiger partial charge in [0.2, 0.25) is 0 Å². The minimum Gasteiger partial charge on any atom is -0.457 e. The molecule has 0 unspecified atom stereocenters. The minimum atomic E-state index is 0.667. The fourth-order valence-electron chi connectivity index (χ4n) is 2.00. The summed E-state index contributed by atoms with van der Waals surface area (Å²) >= 11 is 6.03. The van der Waals surface area contributed by atoms with Crippen molar-refractivity contribution < 1.29 is 4.74 Å². The lowest BCUT2D eigenvalue weighted by Gasteiger charge is -2.12. The van der Waals surface area contributed by atoms with Crippen LogP contribution in [0.5, 0.6) is 11.5 Å². The van der Waals surface area contributed by atoms with Gasteiger partial charge in [0.05, 0.1) is 0 Å². The van der Waals surface area contributed by atoms with Crippen molar-refractivity contribution in [3.8, 4) is 11.5 Å². The van der Waals surface area contributed by atoms with E-state index in [0.717, 1.165) is 34.2 Å². The number of nitrogens with one attached hydrogen (secondary N) is 1. The second-order valence-electron chi connectivity index (χ2n) is 5.15. The molecule has 0 radical (unpaired) electrons. The van der Waals surface area contributed by atoms with Crippen molar-refractivity contribution >= 4 is 11.6 Å². The summed E-state index contributed by atoms with van der Waals surface area (Å²) in [5.74, 6) is 1.64. The first-order valence-corrected chi connectivity index (χ1v) is 7.20. The Morgan fingerprint density at radius 2 is 2.20 bits per heavy atom. The quantitative estimate of drug-likeness (QED) is 0.900. The van der Waals surface area contributed by atoms with Gasteiger partial charge >= 0.3 is 0 Å². The molecular formula is C16H17ClN2O. The normalized spacial score (nSPS) is 14.3. The number of hydrogen-bond donors (Lipinski definition) is 1. The van der Waals surface area contributed by atoms with Crippen LogP contribution < -0.4 is 10.1 Å². The van der Waals surface area contributed by atoms with Crippen molar-refractivity contribution in [1.29, 1.82) is 0 Å². The first-order valence-electron chi connectivity index (χ1n) is 6.82. The van der Waals surface area contributed by atoms with Gasteiger partial charge in [0.1, 0.15) is 11.5 Å². The lowest BCUT2D eigenvalue weighted by atomic mass is 10.2. The van der Waals surface area contributed by atoms with Gasteiger partial charge < -0.3 is 10.1 Å². The van der Waals surface area contributed by atoms with Crippen LogP contribution in [0.2, 0.25) is 5.02 Å². The summed E-state index contributed by atoms with van der Waals surface area (Å²) in [6.07, 6.45) is 6.14. The monoisotopic (exact) mass is 288 g/mol. The van der Waals surface area contributed by atoms with Crippen molar-refractivity contribution in [3.63, 3.8) is 0 Å². The maximum Gasteiger partial charge on any atom is 0.134 e. The Kier molecular flexibility index (Phi) is 3.90. The number of ether oxygens (including phenoxy) is 1. The molecule has 0 saturated heterocycles. The fourth-order valence-corrected chi connectivity index (χ4v) is 2.11. The van der Waals surface area contributed by atoms with Crippen LogP contribution in [0.15, 0.2) is 36.7 Å². The molecule has 0 spiro atoms. The van der Waals surface area contributed by atoms with Crippen LogP contribution in [0.25, 0.3) is 0 Å². The van der Waals surface area contributed by atoms with Crippen LogP contribution >= 0.6 is 11.6 Å². The van der Waals surface area contributed by atoms with E-state index in [1.54, 1.807) is 6.20 Å². The van der Waals surface area contributed by atoms with E-state index in [1.165, 1.54) is 12.8 Å². The Bertz CT molecular complexity index is 611. The van der Waals surface area contributed by atoms with Gasteiger partial charge in [0.15, 0.2) is 0 Å². The zero-order chi connectivity index (χ0) is 13.9. The maximum atomic E-state index is 6.03. The van der Waals surface area contributed by atoms with Crippen LogP contribution in [0.1, 0.15) is 24.0 Å². The largest absolute Gasteiger partial charge is 0.457 e. The Labute approximate surface area is 123 Å². The number of aryl methyl sites for hydroxylation is 1. The summed E-state index contributed by atoms with van der Waals surface area (Å²) < 4.78 is 5.96. The third-order valence-electron chi connectivity index (χ3n) is 3.37. The summed E-state index contributed by atoms with van der Waals surface area (Å²) in [7, 11) is 0. The molecule has 0 bridgehead atoms. The molecule has 0 atom stereocenters. The molecule has 1 aliphatic carbocycles. The maximum absolute atomic E-state index is 6.03. The van der Waals surface area contributed by atoms with E-state index in [0.29, 0.717) is 6.04 Å². The smallest absolute Gasteiger partial charge is 0.134 e. The topological polar surface area (TPSA) is 34.1 Å². The molecule has 1 N–H and O–H groups in total. The number of hydrogen-bond acceptors (Lipinski definition) is 3. The zero-order valence-corrected chi connectivity index (χ0v) is 12.2. The van der Waals surface area contributed by atoms with Gasteiger partial charge in [-0.2, -0.15) is 0 Å². The van der Waals surface area contributed by atoms with Crippen LogP contribution in [0, 0.1) is 6.92 Å². The van der Waals surface area contributed by atoms with Crippen molar-refractivity contribution in [3.05, 3.63) is 52.8 Å². The Hall–Kier alpha value is -1.58. The molecule has 20 heavy (non-hydrogen) atoms. The highest BCUT2D eigenvalue weighted by atomic mass is 35.5. The third-order valence-corrected chi connectivity index (χ3v) is 3.80. The van der Waals surface area contributed by atoms with Crippen LogP contribution in [-0.2, 0) is 6.54 Å². The second kappa shape index (κ2) is 5.81. The van der Waals surface area contributed by atoms with Gasteiger partial charge in [-0.3, -0.25) is 4.98 Å². The Morgan fingerprint density at radius 3 is 2.95 bits per heavy atom. The van der Waals surface area contributed by atoms with E-state index < -0.39 is 0 Å². The lowest BCUT2D eigenvalue weighted by molar-refractivity contribution is 0.471. The molecule has 4 heteroatoms. The fraction of sp³-hybridized carbons (Fsp3) is 0.312. The van der Waals surface area contributed by atoms with Crippen molar-refractivity contribution in [2.24, 2.45) is 0 Å². The number of pyridine rings is 1. The predicted octanol–water partition coefficient (Wildman–Crippen LogP) is 4.09. The molecule has 1 heterocycles. The lowest BCUT2D eigenvalue weighted by Crippen LogP contribution is -2.15. The summed E-state index contributed by atoms with van der Waals surface area (Å²) in [5.41, 5.74) is 2.09. The molecule has 1 aromatic carbocycles. The van der Waals surface area contributed by atoms with Crippen molar-refractivity contribution in [1.82, 2.24) is 10.3 Å². The number of nitrogens with zero attached hydrogens (tertiary/aromatic N) is 1. The molecule has 1 saturated carbocycles. The van der Waals surface area contributed by atoms with Gasteiger partial charge in [-0.15, -0.1) is 0 Å². The number of aromatic nitrogens is 1. The van der Waals surface area contributed by atoms with E-state index in [1.807, 2.05) is 37.4 Å². The predicted molar refractivity (Wildman–Crippen MR) is 80.4 cm³/mol. The Morgan fingerprint density at radius 1 is 1.35 bits per heavy atom.